The van der Waals surface area contributed by atoms with Crippen LogP contribution in [0.2, 0.25) is 5.02 Å². The molecule has 2 rings (SSSR count). The van der Waals surface area contributed by atoms with Crippen LogP contribution in [-0.4, -0.2) is 11.6 Å². The molecule has 0 radical (unpaired) electrons. The van der Waals surface area contributed by atoms with Crippen molar-refractivity contribution in [3.05, 3.63) is 45.2 Å². The number of hydrogen-bond donors (Lipinski definition) is 1. The van der Waals surface area contributed by atoms with Crippen molar-refractivity contribution in [2.24, 2.45) is 5.73 Å². The van der Waals surface area contributed by atoms with E-state index in [1.165, 1.54) is 4.88 Å². The number of pyridine rings is 1. The van der Waals surface area contributed by atoms with Gasteiger partial charge in [0, 0.05) is 30.1 Å². The molecular weight excluding hydrogens is 256 g/mol. The molecule has 90 valence electrons. The molecule has 0 unspecified atom stereocenters. The fourth-order valence-electron chi connectivity index (χ4n) is 1.40. The largest absolute Gasteiger partial charge is 0.477 e. The maximum Gasteiger partial charge on any atom is 0.213 e. The molecule has 0 aliphatic heterocycles. The Kier molecular flexibility index (Phi) is 4.36. The first kappa shape index (κ1) is 12.4. The highest BCUT2D eigenvalue weighted by Crippen LogP contribution is 2.19. The van der Waals surface area contributed by atoms with E-state index in [4.69, 9.17) is 22.1 Å². The number of hydrogen-bond acceptors (Lipinski definition) is 4. The summed E-state index contributed by atoms with van der Waals surface area (Å²) in [5.41, 5.74) is 6.41. The van der Waals surface area contributed by atoms with Gasteiger partial charge < -0.3 is 10.5 Å². The van der Waals surface area contributed by atoms with Crippen LogP contribution in [0, 0.1) is 0 Å². The minimum Gasteiger partial charge on any atom is -0.477 e. The van der Waals surface area contributed by atoms with Gasteiger partial charge in [0.15, 0.2) is 0 Å². The molecule has 5 heteroatoms. The third kappa shape index (κ3) is 3.43. The minimum absolute atomic E-state index is 0.392. The lowest BCUT2D eigenvalue weighted by atomic mass is 10.3. The number of thiophene rings is 1. The van der Waals surface area contributed by atoms with Crippen LogP contribution < -0.4 is 10.5 Å². The number of halogens is 1. The molecule has 0 aliphatic carbocycles. The Morgan fingerprint density at radius 2 is 2.35 bits per heavy atom. The maximum absolute atomic E-state index is 5.92. The first-order chi connectivity index (χ1) is 8.29. The number of nitrogens with two attached hydrogens (primary N) is 1. The molecule has 0 fully saturated rings. The first-order valence-electron chi connectivity index (χ1n) is 5.29. The number of rotatable bonds is 5. The Balaban J connectivity index is 1.90. The molecule has 3 nitrogen and oxygen atoms in total. The predicted molar refractivity (Wildman–Crippen MR) is 70.7 cm³/mol. The SMILES string of the molecule is NCc1cc(OCCc2cccs2)ncc1Cl. The van der Waals surface area contributed by atoms with Crippen molar-refractivity contribution < 1.29 is 4.74 Å². The molecular formula is C12H13ClN2OS. The van der Waals surface area contributed by atoms with Crippen molar-refractivity contribution in [2.45, 2.75) is 13.0 Å². The zero-order valence-electron chi connectivity index (χ0n) is 9.23. The quantitative estimate of drug-likeness (QED) is 0.907. The van der Waals surface area contributed by atoms with E-state index in [2.05, 4.69) is 16.4 Å². The van der Waals surface area contributed by atoms with Crippen LogP contribution in [0.1, 0.15) is 10.4 Å². The molecule has 0 saturated carbocycles. The Labute approximate surface area is 109 Å². The lowest BCUT2D eigenvalue weighted by Gasteiger charge is -2.06. The van der Waals surface area contributed by atoms with Gasteiger partial charge >= 0.3 is 0 Å². The third-order valence-corrected chi connectivity index (χ3v) is 3.58. The average molecular weight is 269 g/mol. The third-order valence-electron chi connectivity index (χ3n) is 2.31. The summed E-state index contributed by atoms with van der Waals surface area (Å²) in [6.07, 6.45) is 2.46. The molecule has 0 atom stereocenters. The van der Waals surface area contributed by atoms with Gasteiger partial charge in [-0.25, -0.2) is 4.98 Å². The Hall–Kier alpha value is -1.10. The van der Waals surface area contributed by atoms with E-state index in [9.17, 15) is 0 Å². The van der Waals surface area contributed by atoms with Crippen LogP contribution in [-0.2, 0) is 13.0 Å². The minimum atomic E-state index is 0.392. The van der Waals surface area contributed by atoms with Gasteiger partial charge in [0.05, 0.1) is 11.6 Å². The summed E-state index contributed by atoms with van der Waals surface area (Å²) in [4.78, 5) is 5.40. The number of ether oxygens (including phenoxy) is 1. The zero-order chi connectivity index (χ0) is 12.1. The van der Waals surface area contributed by atoms with Gasteiger partial charge in [-0.3, -0.25) is 0 Å². The molecule has 2 heterocycles. The second-order valence-corrected chi connectivity index (χ2v) is 4.94. The molecule has 2 aromatic heterocycles. The molecule has 0 aromatic carbocycles. The monoisotopic (exact) mass is 268 g/mol. The molecule has 2 N–H and O–H groups in total. The van der Waals surface area contributed by atoms with E-state index in [1.54, 1.807) is 23.6 Å². The highest BCUT2D eigenvalue weighted by Gasteiger charge is 2.03. The van der Waals surface area contributed by atoms with Gasteiger partial charge in [-0.2, -0.15) is 0 Å². The van der Waals surface area contributed by atoms with E-state index in [0.717, 1.165) is 12.0 Å². The summed E-state index contributed by atoms with van der Waals surface area (Å²) >= 11 is 7.64. The van der Waals surface area contributed by atoms with Gasteiger partial charge in [-0.05, 0) is 17.0 Å². The fraction of sp³-hybridized carbons (Fsp3) is 0.250. The summed E-state index contributed by atoms with van der Waals surface area (Å²) in [5.74, 6) is 0.575. The smallest absolute Gasteiger partial charge is 0.213 e. The van der Waals surface area contributed by atoms with E-state index in [-0.39, 0.29) is 0 Å². The predicted octanol–water partition coefficient (Wildman–Crippen LogP) is 2.88. The fourth-order valence-corrected chi connectivity index (χ4v) is 2.28. The van der Waals surface area contributed by atoms with Crippen molar-refractivity contribution in [2.75, 3.05) is 6.61 Å². The van der Waals surface area contributed by atoms with Gasteiger partial charge in [0.25, 0.3) is 0 Å². The van der Waals surface area contributed by atoms with Crippen LogP contribution in [0.5, 0.6) is 5.88 Å². The van der Waals surface area contributed by atoms with Crippen LogP contribution in [0.4, 0.5) is 0 Å². The highest BCUT2D eigenvalue weighted by atomic mass is 35.5. The molecule has 0 aliphatic rings. The molecule has 0 spiro atoms. The number of nitrogens with zero attached hydrogens (tertiary/aromatic N) is 1. The summed E-state index contributed by atoms with van der Waals surface area (Å²) in [5, 5.41) is 2.64. The van der Waals surface area contributed by atoms with Crippen LogP contribution in [0.15, 0.2) is 29.8 Å². The van der Waals surface area contributed by atoms with Crippen molar-refractivity contribution in [1.29, 1.82) is 0 Å². The highest BCUT2D eigenvalue weighted by molar-refractivity contribution is 7.09. The zero-order valence-corrected chi connectivity index (χ0v) is 10.8. The van der Waals surface area contributed by atoms with Gasteiger partial charge in [0.2, 0.25) is 5.88 Å². The lowest BCUT2D eigenvalue weighted by molar-refractivity contribution is 0.310. The van der Waals surface area contributed by atoms with Crippen LogP contribution in [0.3, 0.4) is 0 Å². The van der Waals surface area contributed by atoms with E-state index in [0.29, 0.717) is 24.1 Å². The van der Waals surface area contributed by atoms with E-state index < -0.39 is 0 Å². The lowest BCUT2D eigenvalue weighted by Crippen LogP contribution is -2.04. The van der Waals surface area contributed by atoms with Crippen molar-refractivity contribution in [3.63, 3.8) is 0 Å². The van der Waals surface area contributed by atoms with Gasteiger partial charge in [0.1, 0.15) is 0 Å². The maximum atomic E-state index is 5.92. The second kappa shape index (κ2) is 6.00. The van der Waals surface area contributed by atoms with Crippen molar-refractivity contribution in [3.8, 4) is 5.88 Å². The van der Waals surface area contributed by atoms with Crippen LogP contribution in [0.25, 0.3) is 0 Å². The van der Waals surface area contributed by atoms with Crippen molar-refractivity contribution >= 4 is 22.9 Å². The second-order valence-electron chi connectivity index (χ2n) is 3.50. The molecule has 0 saturated heterocycles. The van der Waals surface area contributed by atoms with E-state index >= 15 is 0 Å². The summed E-state index contributed by atoms with van der Waals surface area (Å²) < 4.78 is 5.56. The average Bonchev–Trinajstić information content (AvgIpc) is 2.84. The molecule has 2 aromatic rings. The van der Waals surface area contributed by atoms with E-state index in [1.807, 2.05) is 6.07 Å². The Morgan fingerprint density at radius 3 is 3.06 bits per heavy atom. The van der Waals surface area contributed by atoms with Crippen LogP contribution >= 0.6 is 22.9 Å². The molecule has 0 amide bonds. The summed E-state index contributed by atoms with van der Waals surface area (Å²) in [7, 11) is 0. The Bertz CT molecular complexity index is 473. The first-order valence-corrected chi connectivity index (χ1v) is 6.55. The summed E-state index contributed by atoms with van der Waals surface area (Å²) in [6.45, 7) is 1.00. The summed E-state index contributed by atoms with van der Waals surface area (Å²) in [6, 6.07) is 5.92. The normalized spacial score (nSPS) is 10.5. The Morgan fingerprint density at radius 1 is 1.47 bits per heavy atom. The topological polar surface area (TPSA) is 48.1 Å². The van der Waals surface area contributed by atoms with Gasteiger partial charge in [-0.15, -0.1) is 11.3 Å². The molecule has 17 heavy (non-hydrogen) atoms. The van der Waals surface area contributed by atoms with Gasteiger partial charge in [-0.1, -0.05) is 17.7 Å². The standard InChI is InChI=1S/C12H13ClN2OS/c13-11-8-15-12(6-9(11)7-14)16-4-3-10-2-1-5-17-10/h1-2,5-6,8H,3-4,7,14H2. The molecule has 0 bridgehead atoms. The number of aromatic nitrogens is 1. The van der Waals surface area contributed by atoms with Crippen molar-refractivity contribution in [1.82, 2.24) is 4.98 Å².